The zero-order valence-corrected chi connectivity index (χ0v) is 10.0. The van der Waals surface area contributed by atoms with Gasteiger partial charge < -0.3 is 14.5 Å². The standard InChI is InChI=1S/C11H18N2O3/c1-12(2)8-9-10(14)4-5-13(11(9)15)6-7-16-3/h8H,4-7H2,1-3H3. The third kappa shape index (κ3) is 3.06. The van der Waals surface area contributed by atoms with Gasteiger partial charge >= 0.3 is 0 Å². The number of methoxy groups -OCH3 is 1. The monoisotopic (exact) mass is 226 g/mol. The van der Waals surface area contributed by atoms with Gasteiger partial charge in [-0.3, -0.25) is 9.59 Å². The fraction of sp³-hybridized carbons (Fsp3) is 0.636. The molecule has 5 heteroatoms. The van der Waals surface area contributed by atoms with Crippen LogP contribution >= 0.6 is 0 Å². The quantitative estimate of drug-likeness (QED) is 0.495. The number of hydrogen-bond acceptors (Lipinski definition) is 4. The van der Waals surface area contributed by atoms with Gasteiger partial charge in [0.2, 0.25) is 0 Å². The van der Waals surface area contributed by atoms with Crippen molar-refractivity contribution in [1.82, 2.24) is 9.80 Å². The summed E-state index contributed by atoms with van der Waals surface area (Å²) in [5, 5.41) is 0. The number of amides is 1. The molecule has 1 saturated heterocycles. The van der Waals surface area contributed by atoms with Crippen molar-refractivity contribution in [2.75, 3.05) is 40.9 Å². The lowest BCUT2D eigenvalue weighted by molar-refractivity contribution is -0.134. The molecule has 1 fully saturated rings. The van der Waals surface area contributed by atoms with Gasteiger partial charge in [-0.2, -0.15) is 0 Å². The van der Waals surface area contributed by atoms with Gasteiger partial charge in [0.05, 0.1) is 12.2 Å². The Labute approximate surface area is 95.6 Å². The minimum Gasteiger partial charge on any atom is -0.383 e. The Hall–Kier alpha value is -1.36. The fourth-order valence-corrected chi connectivity index (χ4v) is 1.56. The van der Waals surface area contributed by atoms with Crippen LogP contribution in [0.2, 0.25) is 0 Å². The Kier molecular flexibility index (Phi) is 4.49. The summed E-state index contributed by atoms with van der Waals surface area (Å²) in [4.78, 5) is 26.9. The van der Waals surface area contributed by atoms with Gasteiger partial charge in [0.1, 0.15) is 0 Å². The molecule has 0 aromatic heterocycles. The molecule has 5 nitrogen and oxygen atoms in total. The first-order chi connectivity index (χ1) is 7.56. The van der Waals surface area contributed by atoms with Crippen molar-refractivity contribution < 1.29 is 14.3 Å². The molecule has 1 amide bonds. The molecular formula is C11H18N2O3. The van der Waals surface area contributed by atoms with Crippen molar-refractivity contribution in [1.29, 1.82) is 0 Å². The van der Waals surface area contributed by atoms with Gasteiger partial charge in [0.25, 0.3) is 5.91 Å². The van der Waals surface area contributed by atoms with Crippen LogP contribution in [0.15, 0.2) is 11.8 Å². The van der Waals surface area contributed by atoms with Crippen LogP contribution in [-0.2, 0) is 14.3 Å². The zero-order chi connectivity index (χ0) is 12.1. The van der Waals surface area contributed by atoms with Crippen molar-refractivity contribution in [2.45, 2.75) is 6.42 Å². The average molecular weight is 226 g/mol. The molecule has 0 saturated carbocycles. The summed E-state index contributed by atoms with van der Waals surface area (Å²) < 4.78 is 4.93. The van der Waals surface area contributed by atoms with Gasteiger partial charge in [-0.1, -0.05) is 0 Å². The summed E-state index contributed by atoms with van der Waals surface area (Å²) in [6.45, 7) is 1.52. The number of rotatable bonds is 4. The van der Waals surface area contributed by atoms with E-state index in [9.17, 15) is 9.59 Å². The van der Waals surface area contributed by atoms with E-state index in [1.807, 2.05) is 0 Å². The highest BCUT2D eigenvalue weighted by molar-refractivity contribution is 6.20. The van der Waals surface area contributed by atoms with Crippen LogP contribution in [0.1, 0.15) is 6.42 Å². The van der Waals surface area contributed by atoms with Crippen molar-refractivity contribution in [3.63, 3.8) is 0 Å². The van der Waals surface area contributed by atoms with Gasteiger partial charge in [-0.25, -0.2) is 0 Å². The number of likely N-dealkylation sites (tertiary alicyclic amines) is 1. The Bertz CT molecular complexity index is 310. The van der Waals surface area contributed by atoms with Crippen LogP contribution in [0.25, 0.3) is 0 Å². The maximum atomic E-state index is 11.9. The highest BCUT2D eigenvalue weighted by atomic mass is 16.5. The van der Waals surface area contributed by atoms with Crippen molar-refractivity contribution in [3.8, 4) is 0 Å². The maximum Gasteiger partial charge on any atom is 0.259 e. The molecule has 90 valence electrons. The minimum atomic E-state index is -0.193. The van der Waals surface area contributed by atoms with E-state index in [0.29, 0.717) is 26.1 Å². The predicted octanol–water partition coefficient (Wildman–Crippen LogP) is -0.120. The molecule has 0 aromatic carbocycles. The largest absolute Gasteiger partial charge is 0.383 e. The number of hydrogen-bond donors (Lipinski definition) is 0. The molecule has 0 unspecified atom stereocenters. The molecule has 1 aliphatic heterocycles. The van der Waals surface area contributed by atoms with Gasteiger partial charge in [-0.15, -0.1) is 0 Å². The van der Waals surface area contributed by atoms with Crippen molar-refractivity contribution in [2.24, 2.45) is 0 Å². The SMILES string of the molecule is COCCN1CCC(=O)C(=CN(C)C)C1=O. The Morgan fingerprint density at radius 2 is 2.12 bits per heavy atom. The fourth-order valence-electron chi connectivity index (χ4n) is 1.56. The number of nitrogens with zero attached hydrogens (tertiary/aromatic N) is 2. The normalized spacial score (nSPS) is 19.4. The van der Waals surface area contributed by atoms with E-state index in [-0.39, 0.29) is 17.3 Å². The molecule has 0 N–H and O–H groups in total. The third-order valence-corrected chi connectivity index (χ3v) is 2.38. The lowest BCUT2D eigenvalue weighted by Gasteiger charge is -2.27. The highest BCUT2D eigenvalue weighted by Gasteiger charge is 2.29. The first-order valence-corrected chi connectivity index (χ1v) is 5.26. The Balaban J connectivity index is 2.75. The lowest BCUT2D eigenvalue weighted by Crippen LogP contribution is -2.43. The molecule has 16 heavy (non-hydrogen) atoms. The molecule has 0 spiro atoms. The number of piperidine rings is 1. The second-order valence-electron chi connectivity index (χ2n) is 3.96. The third-order valence-electron chi connectivity index (χ3n) is 2.38. The molecule has 0 atom stereocenters. The van der Waals surface area contributed by atoms with Crippen LogP contribution in [-0.4, -0.2) is 62.4 Å². The molecule has 1 heterocycles. The molecule has 0 aromatic rings. The Morgan fingerprint density at radius 3 is 2.69 bits per heavy atom. The highest BCUT2D eigenvalue weighted by Crippen LogP contribution is 2.13. The summed E-state index contributed by atoms with van der Waals surface area (Å²) >= 11 is 0. The first kappa shape index (κ1) is 12.7. The van der Waals surface area contributed by atoms with E-state index in [2.05, 4.69) is 0 Å². The smallest absolute Gasteiger partial charge is 0.259 e. The molecule has 0 radical (unpaired) electrons. The van der Waals surface area contributed by atoms with Gasteiger partial charge in [0.15, 0.2) is 5.78 Å². The van der Waals surface area contributed by atoms with Crippen LogP contribution in [0.5, 0.6) is 0 Å². The maximum absolute atomic E-state index is 11.9. The van der Waals surface area contributed by atoms with Crippen LogP contribution in [0.4, 0.5) is 0 Å². The van der Waals surface area contributed by atoms with E-state index in [1.165, 1.54) is 0 Å². The van der Waals surface area contributed by atoms with E-state index < -0.39 is 0 Å². The average Bonchev–Trinajstić information content (AvgIpc) is 2.23. The summed E-state index contributed by atoms with van der Waals surface area (Å²) in [6.07, 6.45) is 1.98. The number of ether oxygens (including phenoxy) is 1. The minimum absolute atomic E-state index is 0.0765. The predicted molar refractivity (Wildman–Crippen MR) is 59.9 cm³/mol. The lowest BCUT2D eigenvalue weighted by atomic mass is 10.0. The molecule has 1 rings (SSSR count). The number of Topliss-reactive ketones (excluding diaryl/α,β-unsaturated/α-hetero) is 1. The molecule has 1 aliphatic rings. The second-order valence-corrected chi connectivity index (χ2v) is 3.96. The van der Waals surface area contributed by atoms with Gasteiger partial charge in [0, 0.05) is 46.9 Å². The molecule has 0 aliphatic carbocycles. The van der Waals surface area contributed by atoms with E-state index >= 15 is 0 Å². The summed E-state index contributed by atoms with van der Waals surface area (Å²) in [5.41, 5.74) is 0.271. The first-order valence-electron chi connectivity index (χ1n) is 5.26. The van der Waals surface area contributed by atoms with E-state index in [1.54, 1.807) is 37.2 Å². The summed E-state index contributed by atoms with van der Waals surface area (Å²) in [5.74, 6) is -0.269. The van der Waals surface area contributed by atoms with Crippen LogP contribution in [0, 0.1) is 0 Å². The zero-order valence-electron chi connectivity index (χ0n) is 10.0. The van der Waals surface area contributed by atoms with Crippen LogP contribution in [0.3, 0.4) is 0 Å². The van der Waals surface area contributed by atoms with Gasteiger partial charge in [-0.05, 0) is 0 Å². The molecular weight excluding hydrogens is 208 g/mol. The topological polar surface area (TPSA) is 49.9 Å². The second kappa shape index (κ2) is 5.65. The Morgan fingerprint density at radius 1 is 1.44 bits per heavy atom. The molecule has 0 bridgehead atoms. The van der Waals surface area contributed by atoms with E-state index in [0.717, 1.165) is 0 Å². The van der Waals surface area contributed by atoms with Crippen molar-refractivity contribution in [3.05, 3.63) is 11.8 Å². The number of carbonyl (C=O) groups is 2. The van der Waals surface area contributed by atoms with Crippen molar-refractivity contribution >= 4 is 11.7 Å². The summed E-state index contributed by atoms with van der Waals surface area (Å²) in [6, 6.07) is 0. The number of ketones is 1. The number of carbonyl (C=O) groups excluding carboxylic acids is 2. The summed E-state index contributed by atoms with van der Waals surface area (Å²) in [7, 11) is 5.18. The van der Waals surface area contributed by atoms with E-state index in [4.69, 9.17) is 4.74 Å². The van der Waals surface area contributed by atoms with Crippen LogP contribution < -0.4 is 0 Å².